The molecule has 2 rings (SSSR count). The molecule has 0 saturated carbocycles. The van der Waals surface area contributed by atoms with Crippen LogP contribution in [-0.2, 0) is 6.54 Å². The normalized spacial score (nSPS) is 10.8. The molecular formula is C13H17N5. The van der Waals surface area contributed by atoms with Gasteiger partial charge in [-0.2, -0.15) is 5.10 Å². The van der Waals surface area contributed by atoms with Gasteiger partial charge in [0, 0.05) is 17.8 Å². The number of anilines is 1. The van der Waals surface area contributed by atoms with Gasteiger partial charge in [0.2, 0.25) is 0 Å². The van der Waals surface area contributed by atoms with Crippen molar-refractivity contribution in [3.63, 3.8) is 0 Å². The smallest absolute Gasteiger partial charge is 0.132 e. The van der Waals surface area contributed by atoms with Crippen LogP contribution in [0.3, 0.4) is 0 Å². The largest absolute Gasteiger partial charge is 0.383 e. The molecule has 2 aromatic heterocycles. The Morgan fingerprint density at radius 2 is 2.22 bits per heavy atom. The zero-order valence-electron chi connectivity index (χ0n) is 10.9. The van der Waals surface area contributed by atoms with Crippen molar-refractivity contribution in [3.8, 4) is 23.6 Å². The second-order valence-electron chi connectivity index (χ2n) is 4.49. The zero-order valence-corrected chi connectivity index (χ0v) is 10.9. The summed E-state index contributed by atoms with van der Waals surface area (Å²) in [5.41, 5.74) is 7.74. The van der Waals surface area contributed by atoms with Crippen molar-refractivity contribution in [1.29, 1.82) is 0 Å². The summed E-state index contributed by atoms with van der Waals surface area (Å²) in [5.74, 6) is 3.98. The number of aryl methyl sites for hydroxylation is 1. The quantitative estimate of drug-likeness (QED) is 0.837. The number of aromatic nitrogens is 4. The lowest BCUT2D eigenvalue weighted by atomic mass is 10.2. The van der Waals surface area contributed by atoms with Crippen LogP contribution >= 0.6 is 0 Å². The maximum Gasteiger partial charge on any atom is 0.132 e. The fourth-order valence-electron chi connectivity index (χ4n) is 1.83. The third kappa shape index (κ3) is 1.97. The predicted octanol–water partition coefficient (Wildman–Crippen LogP) is 1.85. The van der Waals surface area contributed by atoms with Gasteiger partial charge in [-0.1, -0.05) is 5.92 Å². The summed E-state index contributed by atoms with van der Waals surface area (Å²) < 4.78 is 3.70. The topological polar surface area (TPSA) is 61.7 Å². The van der Waals surface area contributed by atoms with Crippen LogP contribution in [0.5, 0.6) is 0 Å². The maximum atomic E-state index is 6.08. The number of imidazole rings is 1. The van der Waals surface area contributed by atoms with Gasteiger partial charge in [-0.3, -0.25) is 4.68 Å². The van der Waals surface area contributed by atoms with E-state index < -0.39 is 0 Å². The first-order chi connectivity index (χ1) is 8.54. The number of nitrogens with zero attached hydrogens (tertiary/aromatic N) is 4. The molecule has 18 heavy (non-hydrogen) atoms. The Bertz CT molecular complexity index is 597. The molecule has 2 N–H and O–H groups in total. The SMILES string of the molecule is C#CCn1c(C)nc(-c2cnn(C(C)C)c2)c1N. The lowest BCUT2D eigenvalue weighted by molar-refractivity contribution is 0.532. The van der Waals surface area contributed by atoms with E-state index in [9.17, 15) is 0 Å². The summed E-state index contributed by atoms with van der Waals surface area (Å²) in [6, 6.07) is 0.314. The van der Waals surface area contributed by atoms with Crippen LogP contribution in [0.4, 0.5) is 5.82 Å². The van der Waals surface area contributed by atoms with Crippen molar-refractivity contribution in [2.75, 3.05) is 5.73 Å². The molecule has 0 aliphatic heterocycles. The average molecular weight is 243 g/mol. The lowest BCUT2D eigenvalue weighted by Gasteiger charge is -2.03. The average Bonchev–Trinajstić information content (AvgIpc) is 2.89. The van der Waals surface area contributed by atoms with E-state index in [4.69, 9.17) is 12.2 Å². The molecule has 94 valence electrons. The van der Waals surface area contributed by atoms with Crippen molar-refractivity contribution < 1.29 is 0 Å². The number of terminal acetylenes is 1. The molecule has 5 heteroatoms. The highest BCUT2D eigenvalue weighted by Crippen LogP contribution is 2.26. The van der Waals surface area contributed by atoms with Crippen molar-refractivity contribution in [1.82, 2.24) is 19.3 Å². The molecule has 0 spiro atoms. The van der Waals surface area contributed by atoms with Crippen LogP contribution in [0, 0.1) is 19.3 Å². The molecule has 2 aromatic rings. The molecule has 0 aliphatic carbocycles. The third-order valence-corrected chi connectivity index (χ3v) is 2.85. The number of rotatable bonds is 3. The minimum Gasteiger partial charge on any atom is -0.383 e. The Balaban J connectivity index is 2.45. The number of hydrogen-bond donors (Lipinski definition) is 1. The first-order valence-corrected chi connectivity index (χ1v) is 5.85. The summed E-state index contributed by atoms with van der Waals surface area (Å²) in [6.45, 7) is 6.47. The van der Waals surface area contributed by atoms with Gasteiger partial charge >= 0.3 is 0 Å². The molecule has 5 nitrogen and oxygen atoms in total. The molecule has 0 saturated heterocycles. The van der Waals surface area contributed by atoms with Crippen LogP contribution in [0.15, 0.2) is 12.4 Å². The van der Waals surface area contributed by atoms with Gasteiger partial charge in [0.05, 0.1) is 12.7 Å². The van der Waals surface area contributed by atoms with E-state index in [2.05, 4.69) is 29.9 Å². The van der Waals surface area contributed by atoms with E-state index in [0.717, 1.165) is 17.1 Å². The number of nitrogens with two attached hydrogens (primary N) is 1. The summed E-state index contributed by atoms with van der Waals surface area (Å²) in [4.78, 5) is 4.46. The number of nitrogen functional groups attached to an aromatic ring is 1. The van der Waals surface area contributed by atoms with E-state index in [1.807, 2.05) is 22.4 Å². The van der Waals surface area contributed by atoms with Crippen LogP contribution in [-0.4, -0.2) is 19.3 Å². The van der Waals surface area contributed by atoms with Gasteiger partial charge < -0.3 is 10.3 Å². The first-order valence-electron chi connectivity index (χ1n) is 5.85. The van der Waals surface area contributed by atoms with Crippen LogP contribution in [0.2, 0.25) is 0 Å². The highest BCUT2D eigenvalue weighted by molar-refractivity contribution is 5.70. The lowest BCUT2D eigenvalue weighted by Crippen LogP contribution is -2.03. The van der Waals surface area contributed by atoms with E-state index in [0.29, 0.717) is 18.4 Å². The molecule has 0 aliphatic rings. The Morgan fingerprint density at radius 1 is 1.50 bits per heavy atom. The van der Waals surface area contributed by atoms with E-state index >= 15 is 0 Å². The molecule has 0 amide bonds. The fraction of sp³-hybridized carbons (Fsp3) is 0.385. The van der Waals surface area contributed by atoms with Crippen LogP contribution < -0.4 is 5.73 Å². The van der Waals surface area contributed by atoms with Gasteiger partial charge in [0.15, 0.2) is 0 Å². The van der Waals surface area contributed by atoms with Gasteiger partial charge in [0.25, 0.3) is 0 Å². The van der Waals surface area contributed by atoms with Gasteiger partial charge in [0.1, 0.15) is 17.3 Å². The number of hydrogen-bond acceptors (Lipinski definition) is 3. The molecule has 0 aromatic carbocycles. The molecule has 0 radical (unpaired) electrons. The molecule has 0 bridgehead atoms. The van der Waals surface area contributed by atoms with Crippen molar-refractivity contribution in [3.05, 3.63) is 18.2 Å². The summed E-state index contributed by atoms with van der Waals surface area (Å²) in [6.07, 6.45) is 9.04. The molecule has 0 atom stereocenters. The maximum absolute atomic E-state index is 6.08. The summed E-state index contributed by atoms with van der Waals surface area (Å²) in [7, 11) is 0. The standard InChI is InChI=1S/C13H17N5/c1-5-6-17-10(4)16-12(13(17)14)11-7-15-18(8-11)9(2)3/h1,7-9H,6,14H2,2-4H3. The fourth-order valence-corrected chi connectivity index (χ4v) is 1.83. The van der Waals surface area contributed by atoms with E-state index in [1.165, 1.54) is 0 Å². The Hall–Kier alpha value is -2.22. The van der Waals surface area contributed by atoms with Gasteiger partial charge in [-0.15, -0.1) is 6.42 Å². The highest BCUT2D eigenvalue weighted by Gasteiger charge is 2.15. The van der Waals surface area contributed by atoms with E-state index in [1.54, 1.807) is 6.20 Å². The van der Waals surface area contributed by atoms with Crippen molar-refractivity contribution >= 4 is 5.82 Å². The minimum absolute atomic E-state index is 0.314. The van der Waals surface area contributed by atoms with Crippen molar-refractivity contribution in [2.45, 2.75) is 33.4 Å². The Morgan fingerprint density at radius 3 is 2.78 bits per heavy atom. The van der Waals surface area contributed by atoms with E-state index in [-0.39, 0.29) is 0 Å². The van der Waals surface area contributed by atoms with Crippen LogP contribution in [0.25, 0.3) is 11.3 Å². The van der Waals surface area contributed by atoms with Crippen molar-refractivity contribution in [2.24, 2.45) is 0 Å². The third-order valence-electron chi connectivity index (χ3n) is 2.85. The second kappa shape index (κ2) is 4.57. The molecule has 2 heterocycles. The first kappa shape index (κ1) is 12.2. The van der Waals surface area contributed by atoms with Gasteiger partial charge in [-0.05, 0) is 20.8 Å². The summed E-state index contributed by atoms with van der Waals surface area (Å²) in [5, 5.41) is 4.29. The molecule has 0 fully saturated rings. The molecular weight excluding hydrogens is 226 g/mol. The Labute approximate surface area is 107 Å². The predicted molar refractivity (Wildman–Crippen MR) is 71.8 cm³/mol. The summed E-state index contributed by atoms with van der Waals surface area (Å²) >= 11 is 0. The zero-order chi connectivity index (χ0) is 13.3. The van der Waals surface area contributed by atoms with Crippen LogP contribution in [0.1, 0.15) is 25.7 Å². The van der Waals surface area contributed by atoms with Gasteiger partial charge in [-0.25, -0.2) is 4.98 Å². The highest BCUT2D eigenvalue weighted by atomic mass is 15.3. The second-order valence-corrected chi connectivity index (χ2v) is 4.49. The Kier molecular flexibility index (Phi) is 3.11. The minimum atomic E-state index is 0.314. The molecule has 0 unspecified atom stereocenters. The monoisotopic (exact) mass is 243 g/mol.